The van der Waals surface area contributed by atoms with Gasteiger partial charge in [-0.15, -0.1) is 0 Å². The van der Waals surface area contributed by atoms with E-state index in [1.807, 2.05) is 30.5 Å². The highest BCUT2D eigenvalue weighted by atomic mass is 28.2. The summed E-state index contributed by atoms with van der Waals surface area (Å²) in [5, 5.41) is 0.228. The Morgan fingerprint density at radius 2 is 1.66 bits per heavy atom. The lowest BCUT2D eigenvalue weighted by Crippen LogP contribution is -2.31. The fourth-order valence-corrected chi connectivity index (χ4v) is 5.47. The maximum absolute atomic E-state index is 6.31. The van der Waals surface area contributed by atoms with Crippen molar-refractivity contribution in [1.82, 2.24) is 9.97 Å². The SMILES string of the molecule is COc1cc(OC)cc(N(CCCO[SiH2]C(C)(C)C(C)(C)C)c2ccc3ncc(C4=CCC=C4)nc3c2)c1. The second-order valence-corrected chi connectivity index (χ2v) is 14.0. The first kappa shape index (κ1) is 27.9. The molecule has 0 spiro atoms. The van der Waals surface area contributed by atoms with E-state index in [-0.39, 0.29) is 10.5 Å². The molecule has 0 amide bonds. The third kappa shape index (κ3) is 6.45. The van der Waals surface area contributed by atoms with Crippen LogP contribution in [0.15, 0.2) is 60.8 Å². The fraction of sp³-hybridized carbons (Fsp3) is 0.419. The molecule has 0 aliphatic heterocycles. The summed E-state index contributed by atoms with van der Waals surface area (Å²) < 4.78 is 17.5. The van der Waals surface area contributed by atoms with Crippen LogP contribution in [-0.4, -0.2) is 47.1 Å². The largest absolute Gasteiger partial charge is 0.497 e. The minimum absolute atomic E-state index is 0.228. The van der Waals surface area contributed by atoms with Gasteiger partial charge >= 0.3 is 0 Å². The zero-order valence-corrected chi connectivity index (χ0v) is 25.3. The molecule has 0 N–H and O–H groups in total. The fourth-order valence-electron chi connectivity index (χ4n) is 4.18. The summed E-state index contributed by atoms with van der Waals surface area (Å²) in [6, 6.07) is 12.2. The average Bonchev–Trinajstić information content (AvgIpc) is 3.44. The Balaban J connectivity index is 1.61. The van der Waals surface area contributed by atoms with Crippen LogP contribution in [-0.2, 0) is 4.43 Å². The van der Waals surface area contributed by atoms with Crippen molar-refractivity contribution in [3.05, 3.63) is 66.5 Å². The number of methoxy groups -OCH3 is 2. The molecule has 0 saturated carbocycles. The number of anilines is 2. The van der Waals surface area contributed by atoms with Crippen molar-refractivity contribution >= 4 is 37.7 Å². The summed E-state index contributed by atoms with van der Waals surface area (Å²) in [6.07, 6.45) is 10.1. The van der Waals surface area contributed by atoms with Crippen molar-refractivity contribution in [2.75, 3.05) is 32.3 Å². The van der Waals surface area contributed by atoms with Crippen molar-refractivity contribution in [2.45, 2.75) is 52.5 Å². The zero-order chi connectivity index (χ0) is 27.3. The van der Waals surface area contributed by atoms with Crippen molar-refractivity contribution in [2.24, 2.45) is 5.41 Å². The highest BCUT2D eigenvalue weighted by Crippen LogP contribution is 2.43. The van der Waals surface area contributed by atoms with Crippen LogP contribution in [0.3, 0.4) is 0 Å². The van der Waals surface area contributed by atoms with E-state index in [9.17, 15) is 0 Å². The average molecular weight is 532 g/mol. The van der Waals surface area contributed by atoms with E-state index in [4.69, 9.17) is 18.9 Å². The maximum atomic E-state index is 6.31. The van der Waals surface area contributed by atoms with E-state index in [1.54, 1.807) is 14.2 Å². The molecular weight excluding hydrogens is 490 g/mol. The van der Waals surface area contributed by atoms with Crippen LogP contribution >= 0.6 is 0 Å². The van der Waals surface area contributed by atoms with Crippen molar-refractivity contribution < 1.29 is 13.9 Å². The number of aromatic nitrogens is 2. The molecule has 1 heterocycles. The molecule has 0 saturated heterocycles. The van der Waals surface area contributed by atoms with Crippen LogP contribution in [0.2, 0.25) is 5.04 Å². The Bertz CT molecular complexity index is 1310. The number of ether oxygens (including phenoxy) is 2. The van der Waals surface area contributed by atoms with E-state index >= 15 is 0 Å². The third-order valence-electron chi connectivity index (χ3n) is 7.72. The normalized spacial score (nSPS) is 13.9. The third-order valence-corrected chi connectivity index (χ3v) is 9.99. The number of hydrogen-bond donors (Lipinski definition) is 0. The molecule has 0 unspecified atom stereocenters. The standard InChI is InChI=1S/C31H41N3O3Si/c1-30(2,3)31(4,5)38-37-16-10-15-34(24-17-25(35-6)20-26(18-24)36-7)23-13-14-27-28(19-23)33-29(21-32-27)22-11-8-9-12-22/h8,11-14,17-21H,9-10,15-16,38H2,1-7H3. The van der Waals surface area contributed by atoms with Gasteiger partial charge in [-0.2, -0.15) is 0 Å². The molecule has 1 aliphatic rings. The number of nitrogens with zero attached hydrogens (tertiary/aromatic N) is 3. The van der Waals surface area contributed by atoms with Gasteiger partial charge < -0.3 is 18.8 Å². The van der Waals surface area contributed by atoms with Gasteiger partial charge in [-0.1, -0.05) is 52.8 Å². The second-order valence-electron chi connectivity index (χ2n) is 11.5. The summed E-state index contributed by atoms with van der Waals surface area (Å²) in [6.45, 7) is 13.1. The van der Waals surface area contributed by atoms with Gasteiger partial charge in [-0.3, -0.25) is 4.98 Å². The van der Waals surface area contributed by atoms with Crippen molar-refractivity contribution in [3.63, 3.8) is 0 Å². The van der Waals surface area contributed by atoms with Gasteiger partial charge in [0.2, 0.25) is 0 Å². The molecule has 6 nitrogen and oxygen atoms in total. The Morgan fingerprint density at radius 3 is 2.29 bits per heavy atom. The number of hydrogen-bond acceptors (Lipinski definition) is 6. The van der Waals surface area contributed by atoms with Gasteiger partial charge in [0.25, 0.3) is 0 Å². The lowest BCUT2D eigenvalue weighted by molar-refractivity contribution is 0.244. The number of allylic oxidation sites excluding steroid dienone is 4. The van der Waals surface area contributed by atoms with Crippen LogP contribution in [0, 0.1) is 5.41 Å². The first-order chi connectivity index (χ1) is 18.1. The zero-order valence-electron chi connectivity index (χ0n) is 23.9. The van der Waals surface area contributed by atoms with Crippen LogP contribution in [0.4, 0.5) is 11.4 Å². The summed E-state index contributed by atoms with van der Waals surface area (Å²) in [5.74, 6) is 1.51. The van der Waals surface area contributed by atoms with Gasteiger partial charge in [0.1, 0.15) is 11.5 Å². The molecule has 7 heteroatoms. The van der Waals surface area contributed by atoms with E-state index in [0.717, 1.165) is 71.2 Å². The van der Waals surface area contributed by atoms with Crippen LogP contribution in [0.1, 0.15) is 53.2 Å². The summed E-state index contributed by atoms with van der Waals surface area (Å²) in [7, 11) is 2.67. The number of fused-ring (bicyclic) bond motifs is 1. The smallest absolute Gasteiger partial charge is 0.167 e. The molecule has 0 radical (unpaired) electrons. The highest BCUT2D eigenvalue weighted by molar-refractivity contribution is 6.32. The molecule has 202 valence electrons. The number of rotatable bonds is 11. The van der Waals surface area contributed by atoms with Crippen molar-refractivity contribution in [3.8, 4) is 11.5 Å². The van der Waals surface area contributed by atoms with E-state index in [1.165, 1.54) is 0 Å². The lowest BCUT2D eigenvalue weighted by atomic mass is 9.82. The van der Waals surface area contributed by atoms with E-state index in [0.29, 0.717) is 0 Å². The molecule has 0 atom stereocenters. The minimum Gasteiger partial charge on any atom is -0.497 e. The van der Waals surface area contributed by atoms with E-state index < -0.39 is 9.76 Å². The molecule has 3 aromatic rings. The predicted octanol–water partition coefficient (Wildman–Crippen LogP) is 6.86. The molecule has 2 aromatic carbocycles. The highest BCUT2D eigenvalue weighted by Gasteiger charge is 2.33. The van der Waals surface area contributed by atoms with Crippen LogP contribution < -0.4 is 14.4 Å². The van der Waals surface area contributed by atoms with Gasteiger partial charge in [0.05, 0.1) is 37.1 Å². The van der Waals surface area contributed by atoms with Crippen LogP contribution in [0.5, 0.6) is 11.5 Å². The van der Waals surface area contributed by atoms with Crippen molar-refractivity contribution in [1.29, 1.82) is 0 Å². The molecule has 1 aromatic heterocycles. The summed E-state index contributed by atoms with van der Waals surface area (Å²) in [5.41, 5.74) is 6.05. The van der Waals surface area contributed by atoms with Gasteiger partial charge in [-0.25, -0.2) is 4.98 Å². The molecule has 1 aliphatic carbocycles. The number of benzene rings is 2. The maximum Gasteiger partial charge on any atom is 0.167 e. The topological polar surface area (TPSA) is 56.7 Å². The quantitative estimate of drug-likeness (QED) is 0.199. The molecule has 0 fully saturated rings. The molecule has 0 bridgehead atoms. The first-order valence-electron chi connectivity index (χ1n) is 13.3. The summed E-state index contributed by atoms with van der Waals surface area (Å²) >= 11 is 0. The van der Waals surface area contributed by atoms with Gasteiger partial charge in [0.15, 0.2) is 9.76 Å². The molecule has 38 heavy (non-hydrogen) atoms. The molecule has 4 rings (SSSR count). The lowest BCUT2D eigenvalue weighted by Gasteiger charge is -2.38. The Kier molecular flexibility index (Phi) is 8.58. The van der Waals surface area contributed by atoms with E-state index in [2.05, 4.69) is 74.9 Å². The molecular formula is C31H41N3O3Si. The second kappa shape index (κ2) is 11.7. The Labute approximate surface area is 229 Å². The Morgan fingerprint density at radius 1 is 0.921 bits per heavy atom. The predicted molar refractivity (Wildman–Crippen MR) is 160 cm³/mol. The van der Waals surface area contributed by atoms with Gasteiger partial charge in [0, 0.05) is 42.7 Å². The monoisotopic (exact) mass is 531 g/mol. The van der Waals surface area contributed by atoms with Gasteiger partial charge in [-0.05, 0) is 47.1 Å². The Hall–Kier alpha value is -3.16. The first-order valence-corrected chi connectivity index (χ1v) is 14.6. The van der Waals surface area contributed by atoms with Crippen LogP contribution in [0.25, 0.3) is 16.6 Å². The summed E-state index contributed by atoms with van der Waals surface area (Å²) in [4.78, 5) is 11.9. The minimum atomic E-state index is -0.683.